The molecule has 1 aromatic carbocycles. The second kappa shape index (κ2) is 7.07. The Kier molecular flexibility index (Phi) is 5.41. The summed E-state index contributed by atoms with van der Waals surface area (Å²) in [7, 11) is 1.50. The normalized spacial score (nSPS) is 19.6. The van der Waals surface area contributed by atoms with Gasteiger partial charge in [0.05, 0.1) is 7.11 Å². The van der Waals surface area contributed by atoms with Crippen molar-refractivity contribution >= 4 is 0 Å². The van der Waals surface area contributed by atoms with Gasteiger partial charge in [-0.1, -0.05) is 25.3 Å². The van der Waals surface area contributed by atoms with Gasteiger partial charge in [-0.15, -0.1) is 0 Å². The number of benzene rings is 1. The van der Waals surface area contributed by atoms with Crippen LogP contribution < -0.4 is 10.1 Å². The lowest BCUT2D eigenvalue weighted by molar-refractivity contribution is 0.268. The molecule has 1 aliphatic rings. The van der Waals surface area contributed by atoms with E-state index in [9.17, 15) is 4.39 Å². The summed E-state index contributed by atoms with van der Waals surface area (Å²) in [5.74, 6) is 0.791. The Bertz CT molecular complexity index is 429. The highest BCUT2D eigenvalue weighted by Gasteiger charge is 2.21. The number of hydrogen-bond acceptors (Lipinski definition) is 2. The number of methoxy groups -OCH3 is 1. The molecule has 112 valence electrons. The van der Waals surface area contributed by atoms with Crippen LogP contribution in [-0.4, -0.2) is 13.2 Å². The van der Waals surface area contributed by atoms with Crippen LogP contribution in [0.5, 0.6) is 5.75 Å². The molecular weight excluding hydrogens is 253 g/mol. The van der Waals surface area contributed by atoms with Crippen molar-refractivity contribution in [3.63, 3.8) is 0 Å². The smallest absolute Gasteiger partial charge is 0.165 e. The summed E-state index contributed by atoms with van der Waals surface area (Å²) in [5, 5.41) is 3.66. The Morgan fingerprint density at radius 3 is 2.55 bits per heavy atom. The summed E-state index contributed by atoms with van der Waals surface area (Å²) >= 11 is 0. The van der Waals surface area contributed by atoms with Crippen LogP contribution in [0.4, 0.5) is 4.39 Å². The molecule has 1 aromatic rings. The minimum absolute atomic E-state index is 0.210. The van der Waals surface area contributed by atoms with Gasteiger partial charge in [0, 0.05) is 12.1 Å². The van der Waals surface area contributed by atoms with Crippen molar-refractivity contribution in [3.05, 3.63) is 29.6 Å². The molecule has 0 saturated heterocycles. The first-order valence-corrected chi connectivity index (χ1v) is 7.71. The molecule has 0 aromatic heterocycles. The van der Waals surface area contributed by atoms with Crippen LogP contribution in [0.2, 0.25) is 0 Å². The zero-order chi connectivity index (χ0) is 14.5. The number of rotatable bonds is 5. The van der Waals surface area contributed by atoms with E-state index in [1.807, 2.05) is 6.07 Å². The van der Waals surface area contributed by atoms with E-state index in [1.165, 1.54) is 45.3 Å². The van der Waals surface area contributed by atoms with Gasteiger partial charge >= 0.3 is 0 Å². The van der Waals surface area contributed by atoms with Crippen LogP contribution >= 0.6 is 0 Å². The highest BCUT2D eigenvalue weighted by molar-refractivity contribution is 5.32. The van der Waals surface area contributed by atoms with Gasteiger partial charge in [-0.05, 0) is 50.3 Å². The van der Waals surface area contributed by atoms with Gasteiger partial charge in [0.1, 0.15) is 0 Å². The Balaban J connectivity index is 1.98. The molecule has 1 saturated carbocycles. The Hall–Kier alpha value is -1.09. The van der Waals surface area contributed by atoms with Gasteiger partial charge in [-0.3, -0.25) is 0 Å². The van der Waals surface area contributed by atoms with Crippen molar-refractivity contribution < 1.29 is 9.13 Å². The maximum Gasteiger partial charge on any atom is 0.165 e. The van der Waals surface area contributed by atoms with E-state index in [0.29, 0.717) is 11.8 Å². The molecule has 2 rings (SSSR count). The maximum atomic E-state index is 13.4. The van der Waals surface area contributed by atoms with Gasteiger partial charge in [-0.25, -0.2) is 4.39 Å². The fraction of sp³-hybridized carbons (Fsp3) is 0.647. The third-order valence-corrected chi connectivity index (χ3v) is 4.55. The van der Waals surface area contributed by atoms with Crippen LogP contribution in [0, 0.1) is 11.7 Å². The standard InChI is InChI=1S/C17H26FNO/c1-12(14-7-5-4-6-8-14)19-13(2)15-9-10-16(18)17(11-15)20-3/h9-14,19H,4-8H2,1-3H3. The highest BCUT2D eigenvalue weighted by Crippen LogP contribution is 2.28. The Morgan fingerprint density at radius 1 is 1.20 bits per heavy atom. The van der Waals surface area contributed by atoms with E-state index < -0.39 is 0 Å². The molecule has 0 heterocycles. The van der Waals surface area contributed by atoms with Crippen molar-refractivity contribution in [1.82, 2.24) is 5.32 Å². The van der Waals surface area contributed by atoms with E-state index in [2.05, 4.69) is 19.2 Å². The number of hydrogen-bond donors (Lipinski definition) is 1. The lowest BCUT2D eigenvalue weighted by Crippen LogP contribution is -2.36. The number of nitrogens with one attached hydrogen (secondary N) is 1. The summed E-state index contributed by atoms with van der Waals surface area (Å²) in [6, 6.07) is 5.82. The quantitative estimate of drug-likeness (QED) is 0.859. The first kappa shape index (κ1) is 15.3. The molecule has 0 bridgehead atoms. The topological polar surface area (TPSA) is 21.3 Å². The van der Waals surface area contributed by atoms with Crippen molar-refractivity contribution in [2.75, 3.05) is 7.11 Å². The molecule has 0 spiro atoms. The van der Waals surface area contributed by atoms with E-state index in [0.717, 1.165) is 11.5 Å². The van der Waals surface area contributed by atoms with Crippen molar-refractivity contribution in [1.29, 1.82) is 0 Å². The van der Waals surface area contributed by atoms with Crippen molar-refractivity contribution in [2.24, 2.45) is 5.92 Å². The molecule has 0 amide bonds. The fourth-order valence-electron chi connectivity index (χ4n) is 3.21. The van der Waals surface area contributed by atoms with Gasteiger partial charge < -0.3 is 10.1 Å². The van der Waals surface area contributed by atoms with Crippen LogP contribution in [0.25, 0.3) is 0 Å². The van der Waals surface area contributed by atoms with Crippen molar-refractivity contribution in [2.45, 2.75) is 58.0 Å². The van der Waals surface area contributed by atoms with Crippen LogP contribution in [0.1, 0.15) is 57.6 Å². The zero-order valence-electron chi connectivity index (χ0n) is 12.8. The zero-order valence-corrected chi connectivity index (χ0v) is 12.8. The Morgan fingerprint density at radius 2 is 1.90 bits per heavy atom. The lowest BCUT2D eigenvalue weighted by Gasteiger charge is -2.31. The molecule has 1 N–H and O–H groups in total. The van der Waals surface area contributed by atoms with Gasteiger partial charge in [-0.2, -0.15) is 0 Å². The van der Waals surface area contributed by atoms with Crippen molar-refractivity contribution in [3.8, 4) is 5.75 Å². The minimum atomic E-state index is -0.302. The average Bonchev–Trinajstić information content (AvgIpc) is 2.48. The van der Waals surface area contributed by atoms with Crippen LogP contribution in [0.15, 0.2) is 18.2 Å². The number of ether oxygens (including phenoxy) is 1. The largest absolute Gasteiger partial charge is 0.494 e. The second-order valence-corrected chi connectivity index (χ2v) is 5.97. The fourth-order valence-corrected chi connectivity index (χ4v) is 3.21. The van der Waals surface area contributed by atoms with E-state index in [-0.39, 0.29) is 11.9 Å². The molecule has 20 heavy (non-hydrogen) atoms. The first-order valence-electron chi connectivity index (χ1n) is 7.71. The predicted molar refractivity (Wildman–Crippen MR) is 80.5 cm³/mol. The van der Waals surface area contributed by atoms with Crippen LogP contribution in [-0.2, 0) is 0 Å². The molecule has 3 heteroatoms. The third-order valence-electron chi connectivity index (χ3n) is 4.55. The maximum absolute atomic E-state index is 13.4. The summed E-state index contributed by atoms with van der Waals surface area (Å²) in [6.45, 7) is 4.40. The highest BCUT2D eigenvalue weighted by atomic mass is 19.1. The summed E-state index contributed by atoms with van der Waals surface area (Å²) in [4.78, 5) is 0. The monoisotopic (exact) mass is 279 g/mol. The van der Waals surface area contributed by atoms with Crippen LogP contribution in [0.3, 0.4) is 0 Å². The Labute approximate surface area is 121 Å². The SMILES string of the molecule is COc1cc(C(C)NC(C)C2CCCCC2)ccc1F. The molecule has 0 radical (unpaired) electrons. The first-order chi connectivity index (χ1) is 9.61. The minimum Gasteiger partial charge on any atom is -0.494 e. The number of halogens is 1. The third kappa shape index (κ3) is 3.72. The molecule has 1 aliphatic carbocycles. The van der Waals surface area contributed by atoms with Gasteiger partial charge in [0.15, 0.2) is 11.6 Å². The second-order valence-electron chi connectivity index (χ2n) is 5.97. The lowest BCUT2D eigenvalue weighted by atomic mass is 9.84. The average molecular weight is 279 g/mol. The van der Waals surface area contributed by atoms with E-state index in [4.69, 9.17) is 4.74 Å². The molecular formula is C17H26FNO. The summed E-state index contributed by atoms with van der Waals surface area (Å²) in [6.07, 6.45) is 6.75. The predicted octanol–water partition coefficient (Wildman–Crippen LogP) is 4.45. The molecule has 1 fully saturated rings. The van der Waals surface area contributed by atoms with E-state index >= 15 is 0 Å². The van der Waals surface area contributed by atoms with Gasteiger partial charge in [0.25, 0.3) is 0 Å². The molecule has 2 atom stereocenters. The summed E-state index contributed by atoms with van der Waals surface area (Å²) in [5.41, 5.74) is 1.07. The molecule has 2 unspecified atom stereocenters. The van der Waals surface area contributed by atoms with E-state index in [1.54, 1.807) is 6.07 Å². The molecule has 2 nitrogen and oxygen atoms in total. The molecule has 0 aliphatic heterocycles. The van der Waals surface area contributed by atoms with Gasteiger partial charge in [0.2, 0.25) is 0 Å². The summed E-state index contributed by atoms with van der Waals surface area (Å²) < 4.78 is 18.5.